The van der Waals surface area contributed by atoms with Gasteiger partial charge in [0.1, 0.15) is 12.4 Å². The van der Waals surface area contributed by atoms with Crippen LogP contribution in [0.2, 0.25) is 0 Å². The van der Waals surface area contributed by atoms with Crippen molar-refractivity contribution in [2.45, 2.75) is 33.2 Å². The van der Waals surface area contributed by atoms with Gasteiger partial charge in [0.05, 0.1) is 19.6 Å². The normalized spacial score (nSPS) is 14.8. The summed E-state index contributed by atoms with van der Waals surface area (Å²) < 4.78 is 11.8. The van der Waals surface area contributed by atoms with Crippen molar-refractivity contribution in [2.75, 3.05) is 26.4 Å². The molecule has 1 aliphatic rings. The summed E-state index contributed by atoms with van der Waals surface area (Å²) in [5.74, 6) is 1.03. The van der Waals surface area contributed by atoms with Crippen molar-refractivity contribution in [3.05, 3.63) is 100 Å². The number of ether oxygens (including phenoxy) is 2. The number of aryl methyl sites for hydroxylation is 2. The highest BCUT2D eigenvalue weighted by molar-refractivity contribution is 5.78. The molecule has 0 spiro atoms. The minimum atomic E-state index is 0.119. The molecule has 3 aromatic carbocycles. The van der Waals surface area contributed by atoms with E-state index >= 15 is 0 Å². The SMILES string of the molecule is Cc1cccc(CC(=O)N2CCOCCOc3ccc(C)cc3Cc3cccc(c3)C2)c1. The van der Waals surface area contributed by atoms with Crippen LogP contribution in [0.4, 0.5) is 0 Å². The second-order valence-electron chi connectivity index (χ2n) is 8.55. The number of fused-ring (bicyclic) bond motifs is 3. The van der Waals surface area contributed by atoms with Crippen LogP contribution in [0.3, 0.4) is 0 Å². The van der Waals surface area contributed by atoms with Crippen molar-refractivity contribution in [3.8, 4) is 5.75 Å². The third kappa shape index (κ3) is 5.98. The summed E-state index contributed by atoms with van der Waals surface area (Å²) in [4.78, 5) is 15.1. The van der Waals surface area contributed by atoms with Gasteiger partial charge in [-0.15, -0.1) is 0 Å². The Labute approximate surface area is 190 Å². The first-order chi connectivity index (χ1) is 15.6. The monoisotopic (exact) mass is 429 g/mol. The number of nitrogens with zero attached hydrogens (tertiary/aromatic N) is 1. The van der Waals surface area contributed by atoms with Crippen LogP contribution in [0.5, 0.6) is 5.75 Å². The zero-order chi connectivity index (χ0) is 22.3. The molecule has 2 bridgehead atoms. The minimum Gasteiger partial charge on any atom is -0.491 e. The number of rotatable bonds is 2. The molecule has 0 atom stereocenters. The topological polar surface area (TPSA) is 38.8 Å². The molecule has 0 N–H and O–H groups in total. The Morgan fingerprint density at radius 3 is 2.56 bits per heavy atom. The fourth-order valence-corrected chi connectivity index (χ4v) is 4.15. The lowest BCUT2D eigenvalue weighted by Crippen LogP contribution is -2.35. The number of carbonyl (C=O) groups excluding carboxylic acids is 1. The number of hydrogen-bond acceptors (Lipinski definition) is 3. The summed E-state index contributed by atoms with van der Waals surface area (Å²) in [6, 6.07) is 23.0. The minimum absolute atomic E-state index is 0.119. The fraction of sp³-hybridized carbons (Fsp3) is 0.321. The zero-order valence-corrected chi connectivity index (χ0v) is 19.0. The Bertz CT molecular complexity index is 1080. The van der Waals surface area contributed by atoms with Gasteiger partial charge in [0.2, 0.25) is 5.91 Å². The molecule has 0 aromatic heterocycles. The molecule has 1 aliphatic heterocycles. The molecule has 0 saturated carbocycles. The van der Waals surface area contributed by atoms with Gasteiger partial charge < -0.3 is 14.4 Å². The molecular weight excluding hydrogens is 398 g/mol. The molecular formula is C28H31NO3. The van der Waals surface area contributed by atoms with Crippen LogP contribution in [-0.4, -0.2) is 37.2 Å². The maximum Gasteiger partial charge on any atom is 0.227 e. The highest BCUT2D eigenvalue weighted by atomic mass is 16.5. The summed E-state index contributed by atoms with van der Waals surface area (Å²) in [5.41, 5.74) is 6.96. The molecule has 1 amide bonds. The van der Waals surface area contributed by atoms with Crippen LogP contribution in [0.25, 0.3) is 0 Å². The van der Waals surface area contributed by atoms with E-state index in [9.17, 15) is 4.79 Å². The van der Waals surface area contributed by atoms with E-state index in [1.807, 2.05) is 23.1 Å². The molecule has 0 saturated heterocycles. The second-order valence-corrected chi connectivity index (χ2v) is 8.55. The summed E-state index contributed by atoms with van der Waals surface area (Å²) in [6.07, 6.45) is 1.19. The van der Waals surface area contributed by atoms with Crippen LogP contribution in [0, 0.1) is 13.8 Å². The van der Waals surface area contributed by atoms with E-state index in [4.69, 9.17) is 9.47 Å². The number of hydrogen-bond donors (Lipinski definition) is 0. The smallest absolute Gasteiger partial charge is 0.227 e. The first kappa shape index (κ1) is 22.1. The van der Waals surface area contributed by atoms with Crippen molar-refractivity contribution in [1.82, 2.24) is 4.90 Å². The Kier molecular flexibility index (Phi) is 7.23. The largest absolute Gasteiger partial charge is 0.491 e. The third-order valence-corrected chi connectivity index (χ3v) is 5.76. The maximum atomic E-state index is 13.2. The van der Waals surface area contributed by atoms with Crippen molar-refractivity contribution in [2.24, 2.45) is 0 Å². The van der Waals surface area contributed by atoms with Crippen LogP contribution in [-0.2, 0) is 28.9 Å². The van der Waals surface area contributed by atoms with E-state index in [-0.39, 0.29) is 5.91 Å². The van der Waals surface area contributed by atoms with E-state index < -0.39 is 0 Å². The van der Waals surface area contributed by atoms with E-state index in [1.54, 1.807) is 0 Å². The Morgan fingerprint density at radius 1 is 0.875 bits per heavy atom. The predicted molar refractivity (Wildman–Crippen MR) is 127 cm³/mol. The average Bonchev–Trinajstić information content (AvgIpc) is 2.76. The molecule has 4 heteroatoms. The molecule has 0 fully saturated rings. The van der Waals surface area contributed by atoms with Crippen molar-refractivity contribution in [1.29, 1.82) is 0 Å². The van der Waals surface area contributed by atoms with E-state index in [0.717, 1.165) is 23.3 Å². The maximum absolute atomic E-state index is 13.2. The summed E-state index contributed by atoms with van der Waals surface area (Å²) >= 11 is 0. The average molecular weight is 430 g/mol. The van der Waals surface area contributed by atoms with E-state index in [0.29, 0.717) is 39.3 Å². The van der Waals surface area contributed by atoms with Crippen molar-refractivity contribution >= 4 is 5.91 Å². The first-order valence-corrected chi connectivity index (χ1v) is 11.3. The molecule has 4 nitrogen and oxygen atoms in total. The van der Waals surface area contributed by atoms with Gasteiger partial charge in [0.25, 0.3) is 0 Å². The lowest BCUT2D eigenvalue weighted by Gasteiger charge is -2.24. The standard InChI is InChI=1S/C28H31NO3/c1-21-5-3-6-23(15-21)19-28(30)29-11-12-31-13-14-32-27-10-9-22(2)16-26(27)18-24-7-4-8-25(17-24)20-29/h3-10,15-17H,11-14,18-20H2,1-2H3. The first-order valence-electron chi connectivity index (χ1n) is 11.3. The van der Waals surface area contributed by atoms with Gasteiger partial charge in [-0.05, 0) is 42.2 Å². The molecule has 166 valence electrons. The van der Waals surface area contributed by atoms with Gasteiger partial charge in [-0.25, -0.2) is 0 Å². The Balaban J connectivity index is 1.56. The second kappa shape index (κ2) is 10.5. The lowest BCUT2D eigenvalue weighted by atomic mass is 10.00. The van der Waals surface area contributed by atoms with Gasteiger partial charge in [-0.1, -0.05) is 71.8 Å². The van der Waals surface area contributed by atoms with E-state index in [2.05, 4.69) is 62.4 Å². The summed E-state index contributed by atoms with van der Waals surface area (Å²) in [7, 11) is 0. The van der Waals surface area contributed by atoms with Crippen molar-refractivity contribution in [3.63, 3.8) is 0 Å². The van der Waals surface area contributed by atoms with Gasteiger partial charge in [0, 0.05) is 19.5 Å². The third-order valence-electron chi connectivity index (χ3n) is 5.76. The molecule has 32 heavy (non-hydrogen) atoms. The van der Waals surface area contributed by atoms with Gasteiger partial charge in [0.15, 0.2) is 0 Å². The van der Waals surface area contributed by atoms with E-state index in [1.165, 1.54) is 22.3 Å². The zero-order valence-electron chi connectivity index (χ0n) is 19.0. The molecule has 0 radical (unpaired) electrons. The molecule has 1 heterocycles. The Morgan fingerprint density at radius 2 is 1.69 bits per heavy atom. The van der Waals surface area contributed by atoms with Gasteiger partial charge >= 0.3 is 0 Å². The molecule has 3 aromatic rings. The molecule has 4 rings (SSSR count). The number of carbonyl (C=O) groups is 1. The summed E-state index contributed by atoms with van der Waals surface area (Å²) in [6.45, 7) is 6.78. The van der Waals surface area contributed by atoms with Gasteiger partial charge in [-0.2, -0.15) is 0 Å². The van der Waals surface area contributed by atoms with Crippen LogP contribution < -0.4 is 4.74 Å². The fourth-order valence-electron chi connectivity index (χ4n) is 4.15. The predicted octanol–water partition coefficient (Wildman–Crippen LogP) is 4.87. The Hall–Kier alpha value is -3.11. The number of amides is 1. The lowest BCUT2D eigenvalue weighted by molar-refractivity contribution is -0.131. The quantitative estimate of drug-likeness (QED) is 0.583. The van der Waals surface area contributed by atoms with Crippen LogP contribution in [0.15, 0.2) is 66.7 Å². The summed E-state index contributed by atoms with van der Waals surface area (Å²) in [5, 5.41) is 0. The van der Waals surface area contributed by atoms with Gasteiger partial charge in [-0.3, -0.25) is 4.79 Å². The highest BCUT2D eigenvalue weighted by Crippen LogP contribution is 2.24. The van der Waals surface area contributed by atoms with Crippen molar-refractivity contribution < 1.29 is 14.3 Å². The molecule has 0 unspecified atom stereocenters. The highest BCUT2D eigenvalue weighted by Gasteiger charge is 2.16. The molecule has 0 aliphatic carbocycles. The van der Waals surface area contributed by atoms with Crippen LogP contribution >= 0.6 is 0 Å². The number of benzene rings is 3. The van der Waals surface area contributed by atoms with Crippen LogP contribution in [0.1, 0.15) is 33.4 Å².